The maximum Gasteiger partial charge on any atom is 0.0750 e. The molecule has 0 aromatic heterocycles. The lowest BCUT2D eigenvalue weighted by Gasteiger charge is -2.44. The number of nitrogens with one attached hydrogen (secondary N) is 1. The summed E-state index contributed by atoms with van der Waals surface area (Å²) in [4.78, 5) is 0. The summed E-state index contributed by atoms with van der Waals surface area (Å²) in [6.07, 6.45) is 4.77. The van der Waals surface area contributed by atoms with Crippen molar-refractivity contribution in [3.63, 3.8) is 0 Å². The lowest BCUT2D eigenvalue weighted by atomic mass is 9.85. The summed E-state index contributed by atoms with van der Waals surface area (Å²) in [6.45, 7) is 9.01. The summed E-state index contributed by atoms with van der Waals surface area (Å²) in [6, 6.07) is 0.594. The van der Waals surface area contributed by atoms with Gasteiger partial charge in [-0.1, -0.05) is 0 Å². The van der Waals surface area contributed by atoms with Crippen molar-refractivity contribution in [3.05, 3.63) is 0 Å². The second kappa shape index (κ2) is 6.79. The molecule has 2 aliphatic rings. The van der Waals surface area contributed by atoms with Crippen molar-refractivity contribution in [2.45, 2.75) is 63.7 Å². The van der Waals surface area contributed by atoms with Gasteiger partial charge in [-0.05, 0) is 58.0 Å². The van der Waals surface area contributed by atoms with Crippen LogP contribution in [0.1, 0.15) is 46.5 Å². The van der Waals surface area contributed by atoms with E-state index in [0.29, 0.717) is 6.04 Å². The Kier molecular flexibility index (Phi) is 5.58. The monoisotopic (exact) mass is 287 g/mol. The Morgan fingerprint density at radius 2 is 2.11 bits per heavy atom. The molecule has 1 unspecified atom stereocenters. The maximum atomic E-state index is 6.13. The molecule has 3 nitrogen and oxygen atoms in total. The number of thioether (sulfide) groups is 1. The minimum Gasteiger partial charge on any atom is -0.375 e. The van der Waals surface area contributed by atoms with Gasteiger partial charge in [0, 0.05) is 25.8 Å². The third-order valence-corrected chi connectivity index (χ3v) is 5.23. The summed E-state index contributed by atoms with van der Waals surface area (Å²) in [5.74, 6) is 2.52. The van der Waals surface area contributed by atoms with Gasteiger partial charge in [-0.15, -0.1) is 0 Å². The fourth-order valence-corrected chi connectivity index (χ4v) is 4.36. The highest BCUT2D eigenvalue weighted by Gasteiger charge is 2.38. The van der Waals surface area contributed by atoms with Gasteiger partial charge in [0.25, 0.3) is 0 Å². The fourth-order valence-electron chi connectivity index (χ4n) is 3.13. The SMILES string of the molecule is CCOC(C)(C)CNC1CCOC2(CCSCC2)C1. The molecule has 0 amide bonds. The van der Waals surface area contributed by atoms with Gasteiger partial charge in [0.05, 0.1) is 11.2 Å². The lowest BCUT2D eigenvalue weighted by molar-refractivity contribution is -0.0961. The zero-order valence-electron chi connectivity index (χ0n) is 12.7. The highest BCUT2D eigenvalue weighted by atomic mass is 32.2. The van der Waals surface area contributed by atoms with Crippen LogP contribution in [0, 0.1) is 0 Å². The van der Waals surface area contributed by atoms with Crippen molar-refractivity contribution < 1.29 is 9.47 Å². The first-order chi connectivity index (χ1) is 9.05. The van der Waals surface area contributed by atoms with Gasteiger partial charge >= 0.3 is 0 Å². The van der Waals surface area contributed by atoms with Gasteiger partial charge in [0.15, 0.2) is 0 Å². The molecule has 2 aliphatic heterocycles. The van der Waals surface area contributed by atoms with Crippen LogP contribution in [0.5, 0.6) is 0 Å². The molecule has 0 aromatic rings. The van der Waals surface area contributed by atoms with Crippen LogP contribution in [-0.2, 0) is 9.47 Å². The molecule has 2 fully saturated rings. The Morgan fingerprint density at radius 3 is 2.79 bits per heavy atom. The van der Waals surface area contributed by atoms with Crippen LogP contribution >= 0.6 is 11.8 Å². The molecular formula is C15H29NO2S. The number of rotatable bonds is 5. The van der Waals surface area contributed by atoms with Crippen molar-refractivity contribution in [2.75, 3.05) is 31.3 Å². The van der Waals surface area contributed by atoms with E-state index in [9.17, 15) is 0 Å². The minimum absolute atomic E-state index is 0.0668. The summed E-state index contributed by atoms with van der Waals surface area (Å²) >= 11 is 2.07. The predicted molar refractivity (Wildman–Crippen MR) is 82.0 cm³/mol. The maximum absolute atomic E-state index is 6.13. The van der Waals surface area contributed by atoms with Crippen LogP contribution in [0.15, 0.2) is 0 Å². The quantitative estimate of drug-likeness (QED) is 0.842. The van der Waals surface area contributed by atoms with E-state index in [-0.39, 0.29) is 11.2 Å². The molecule has 0 bridgehead atoms. The molecule has 2 heterocycles. The summed E-state index contributed by atoms with van der Waals surface area (Å²) < 4.78 is 11.9. The summed E-state index contributed by atoms with van der Waals surface area (Å²) in [5, 5.41) is 3.71. The molecule has 0 aliphatic carbocycles. The van der Waals surface area contributed by atoms with E-state index in [1.807, 2.05) is 0 Å². The summed E-state index contributed by atoms with van der Waals surface area (Å²) in [5.41, 5.74) is 0.111. The van der Waals surface area contributed by atoms with Gasteiger partial charge in [-0.3, -0.25) is 0 Å². The predicted octanol–water partition coefficient (Wildman–Crippen LogP) is 2.84. The minimum atomic E-state index is -0.0668. The average Bonchev–Trinajstić information content (AvgIpc) is 2.38. The van der Waals surface area contributed by atoms with Crippen molar-refractivity contribution in [3.8, 4) is 0 Å². The number of hydrogen-bond donors (Lipinski definition) is 1. The smallest absolute Gasteiger partial charge is 0.0750 e. The second-order valence-electron chi connectivity index (χ2n) is 6.41. The van der Waals surface area contributed by atoms with Crippen molar-refractivity contribution in [1.29, 1.82) is 0 Å². The lowest BCUT2D eigenvalue weighted by Crippen LogP contribution is -2.51. The molecular weight excluding hydrogens is 258 g/mol. The van der Waals surface area contributed by atoms with E-state index in [1.165, 1.54) is 30.8 Å². The number of ether oxygens (including phenoxy) is 2. The molecule has 1 spiro atoms. The van der Waals surface area contributed by atoms with E-state index in [2.05, 4.69) is 37.8 Å². The van der Waals surface area contributed by atoms with E-state index in [1.54, 1.807) is 0 Å². The third kappa shape index (κ3) is 4.62. The van der Waals surface area contributed by atoms with Crippen LogP contribution in [-0.4, -0.2) is 48.5 Å². The average molecular weight is 287 g/mol. The molecule has 1 atom stereocenters. The molecule has 2 saturated heterocycles. The van der Waals surface area contributed by atoms with Gasteiger partial charge in [-0.2, -0.15) is 11.8 Å². The van der Waals surface area contributed by atoms with Crippen molar-refractivity contribution in [2.24, 2.45) is 0 Å². The Hall–Kier alpha value is 0.230. The van der Waals surface area contributed by atoms with Gasteiger partial charge < -0.3 is 14.8 Å². The molecule has 4 heteroatoms. The molecule has 112 valence electrons. The van der Waals surface area contributed by atoms with E-state index in [4.69, 9.17) is 9.47 Å². The Labute approximate surface area is 122 Å². The van der Waals surface area contributed by atoms with Crippen molar-refractivity contribution >= 4 is 11.8 Å². The van der Waals surface area contributed by atoms with Gasteiger partial charge in [0.2, 0.25) is 0 Å². The molecule has 0 radical (unpaired) electrons. The first-order valence-electron chi connectivity index (χ1n) is 7.64. The normalized spacial score (nSPS) is 27.6. The zero-order chi connectivity index (χ0) is 13.8. The first-order valence-corrected chi connectivity index (χ1v) is 8.80. The van der Waals surface area contributed by atoms with Crippen LogP contribution < -0.4 is 5.32 Å². The molecule has 0 aromatic carbocycles. The van der Waals surface area contributed by atoms with Crippen LogP contribution in [0.3, 0.4) is 0 Å². The molecule has 2 rings (SSSR count). The zero-order valence-corrected chi connectivity index (χ0v) is 13.5. The van der Waals surface area contributed by atoms with Crippen LogP contribution in [0.4, 0.5) is 0 Å². The van der Waals surface area contributed by atoms with Crippen LogP contribution in [0.2, 0.25) is 0 Å². The fraction of sp³-hybridized carbons (Fsp3) is 1.00. The third-order valence-electron chi connectivity index (χ3n) is 4.25. The van der Waals surface area contributed by atoms with Crippen LogP contribution in [0.25, 0.3) is 0 Å². The first kappa shape index (κ1) is 15.6. The Morgan fingerprint density at radius 1 is 1.37 bits per heavy atom. The molecule has 19 heavy (non-hydrogen) atoms. The van der Waals surface area contributed by atoms with Crippen molar-refractivity contribution in [1.82, 2.24) is 5.32 Å². The molecule has 0 saturated carbocycles. The Bertz CT molecular complexity index is 272. The van der Waals surface area contributed by atoms with E-state index in [0.717, 1.165) is 26.2 Å². The van der Waals surface area contributed by atoms with E-state index < -0.39 is 0 Å². The Balaban J connectivity index is 1.81. The highest BCUT2D eigenvalue weighted by molar-refractivity contribution is 7.99. The molecule has 1 N–H and O–H groups in total. The van der Waals surface area contributed by atoms with Gasteiger partial charge in [0.1, 0.15) is 0 Å². The largest absolute Gasteiger partial charge is 0.375 e. The highest BCUT2D eigenvalue weighted by Crippen LogP contribution is 2.37. The number of hydrogen-bond acceptors (Lipinski definition) is 4. The summed E-state index contributed by atoms with van der Waals surface area (Å²) in [7, 11) is 0. The topological polar surface area (TPSA) is 30.5 Å². The second-order valence-corrected chi connectivity index (χ2v) is 7.63. The standard InChI is InChI=1S/C15H29NO2S/c1-4-17-14(2,3)12-16-13-5-8-18-15(11-13)6-9-19-10-7-15/h13,16H,4-12H2,1-3H3. The van der Waals surface area contributed by atoms with E-state index >= 15 is 0 Å². The van der Waals surface area contributed by atoms with Gasteiger partial charge in [-0.25, -0.2) is 0 Å².